The van der Waals surface area contributed by atoms with Crippen LogP contribution >= 0.6 is 0 Å². The molecule has 0 saturated carbocycles. The maximum absolute atomic E-state index is 12.9. The molecule has 2 aromatic carbocycles. The van der Waals surface area contributed by atoms with Gasteiger partial charge in [-0.1, -0.05) is 0 Å². The molecule has 0 aliphatic rings. The number of rotatable bonds is 4. The molecule has 1 amide bonds. The summed E-state index contributed by atoms with van der Waals surface area (Å²) in [6.07, 6.45) is 1.41. The summed E-state index contributed by atoms with van der Waals surface area (Å²) in [5.41, 5.74) is 2.05. The highest BCUT2D eigenvalue weighted by molar-refractivity contribution is 6.04. The van der Waals surface area contributed by atoms with Crippen LogP contribution in [0.1, 0.15) is 10.4 Å². The van der Waals surface area contributed by atoms with E-state index >= 15 is 0 Å². The molecule has 0 spiro atoms. The van der Waals surface area contributed by atoms with Crippen LogP contribution in [0.2, 0.25) is 0 Å². The molecule has 0 aliphatic heterocycles. The van der Waals surface area contributed by atoms with Crippen LogP contribution < -0.4 is 5.32 Å². The zero-order valence-corrected chi connectivity index (χ0v) is 14.2. The lowest BCUT2D eigenvalue weighted by Gasteiger charge is -2.06. The van der Waals surface area contributed by atoms with Gasteiger partial charge in [0.1, 0.15) is 22.7 Å². The molecule has 138 valence electrons. The topological polar surface area (TPSA) is 109 Å². The zero-order valence-electron chi connectivity index (χ0n) is 14.2. The molecule has 0 atom stereocenters. The lowest BCUT2D eigenvalue weighted by Crippen LogP contribution is -2.12. The highest BCUT2D eigenvalue weighted by Crippen LogP contribution is 2.26. The fourth-order valence-electron chi connectivity index (χ4n) is 2.68. The number of nitroso groups, excluding NO2 is 1. The third-order valence-corrected chi connectivity index (χ3v) is 4.08. The van der Waals surface area contributed by atoms with Gasteiger partial charge < -0.3 is 10.5 Å². The molecule has 28 heavy (non-hydrogen) atoms. The fraction of sp³-hybridized carbons (Fsp3) is 0. The van der Waals surface area contributed by atoms with Crippen molar-refractivity contribution in [1.29, 1.82) is 0 Å². The van der Waals surface area contributed by atoms with Crippen molar-refractivity contribution >= 4 is 28.3 Å². The molecule has 2 N–H and O–H groups in total. The fourth-order valence-corrected chi connectivity index (χ4v) is 2.68. The molecular weight excluding hydrogens is 365 g/mol. The molecule has 4 aromatic rings. The molecule has 2 heterocycles. The van der Waals surface area contributed by atoms with Crippen LogP contribution in [0.5, 0.6) is 0 Å². The van der Waals surface area contributed by atoms with Crippen molar-refractivity contribution in [3.05, 3.63) is 77.1 Å². The smallest absolute Gasteiger partial charge is 0.255 e. The number of benzene rings is 2. The minimum absolute atomic E-state index is 0.168. The predicted molar refractivity (Wildman–Crippen MR) is 100.0 cm³/mol. The van der Waals surface area contributed by atoms with E-state index in [1.165, 1.54) is 42.6 Å². The van der Waals surface area contributed by atoms with Crippen LogP contribution in [-0.4, -0.2) is 25.8 Å². The molecule has 0 saturated heterocycles. The van der Waals surface area contributed by atoms with Crippen LogP contribution in [0.3, 0.4) is 0 Å². The van der Waals surface area contributed by atoms with E-state index in [0.717, 1.165) is 4.73 Å². The number of carbonyl (C=O) groups excluding carboxylic acids is 1. The standard InChI is InChI=1S/C19H12FN5O3/c20-12-3-1-11(2-4-12)19(26)22-14-6-8-16(21-10-14)18-23-15-7-5-13(24-27)9-17(15)25(18)28/h1-10,28H,(H,22,26). The number of imidazole rings is 1. The van der Waals surface area contributed by atoms with Gasteiger partial charge in [0.2, 0.25) is 0 Å². The van der Waals surface area contributed by atoms with Crippen LogP contribution in [0.15, 0.2) is 66.0 Å². The van der Waals surface area contributed by atoms with Gasteiger partial charge in [-0.15, -0.1) is 4.91 Å². The minimum atomic E-state index is -0.425. The van der Waals surface area contributed by atoms with Crippen molar-refractivity contribution in [2.24, 2.45) is 5.18 Å². The van der Waals surface area contributed by atoms with Gasteiger partial charge in [-0.2, -0.15) is 4.73 Å². The van der Waals surface area contributed by atoms with Gasteiger partial charge in [0.15, 0.2) is 5.82 Å². The van der Waals surface area contributed by atoms with Crippen molar-refractivity contribution < 1.29 is 14.4 Å². The van der Waals surface area contributed by atoms with Gasteiger partial charge in [-0.3, -0.25) is 9.78 Å². The minimum Gasteiger partial charge on any atom is -0.426 e. The van der Waals surface area contributed by atoms with E-state index in [4.69, 9.17) is 0 Å². The largest absolute Gasteiger partial charge is 0.426 e. The molecule has 8 nitrogen and oxygen atoms in total. The number of hydrogen-bond donors (Lipinski definition) is 2. The first kappa shape index (κ1) is 17.3. The second-order valence-corrected chi connectivity index (χ2v) is 5.90. The number of pyridine rings is 1. The summed E-state index contributed by atoms with van der Waals surface area (Å²) in [5.74, 6) is -0.655. The summed E-state index contributed by atoms with van der Waals surface area (Å²) >= 11 is 0. The Kier molecular flexibility index (Phi) is 4.24. The molecule has 0 aliphatic carbocycles. The van der Waals surface area contributed by atoms with E-state index in [0.29, 0.717) is 28.0 Å². The molecule has 0 unspecified atom stereocenters. The first-order valence-corrected chi connectivity index (χ1v) is 8.13. The Morgan fingerprint density at radius 2 is 1.89 bits per heavy atom. The van der Waals surface area contributed by atoms with E-state index in [1.54, 1.807) is 18.2 Å². The van der Waals surface area contributed by atoms with E-state index in [-0.39, 0.29) is 11.5 Å². The Morgan fingerprint density at radius 3 is 2.57 bits per heavy atom. The van der Waals surface area contributed by atoms with Crippen LogP contribution in [0.25, 0.3) is 22.6 Å². The molecule has 0 radical (unpaired) electrons. The lowest BCUT2D eigenvalue weighted by molar-refractivity contribution is 0.102. The molecule has 4 rings (SSSR count). The van der Waals surface area contributed by atoms with Crippen molar-refractivity contribution in [3.8, 4) is 11.5 Å². The van der Waals surface area contributed by atoms with Gasteiger partial charge in [0.05, 0.1) is 17.4 Å². The number of nitrogens with zero attached hydrogens (tertiary/aromatic N) is 4. The quantitative estimate of drug-likeness (QED) is 0.411. The summed E-state index contributed by atoms with van der Waals surface area (Å²) < 4.78 is 13.8. The van der Waals surface area contributed by atoms with Crippen LogP contribution in [0, 0.1) is 10.7 Å². The van der Waals surface area contributed by atoms with Crippen molar-refractivity contribution in [2.75, 3.05) is 5.32 Å². The Balaban J connectivity index is 1.58. The average Bonchev–Trinajstić information content (AvgIpc) is 3.05. The van der Waals surface area contributed by atoms with Gasteiger partial charge in [0, 0.05) is 5.56 Å². The van der Waals surface area contributed by atoms with Gasteiger partial charge in [-0.05, 0) is 59.8 Å². The van der Waals surface area contributed by atoms with Crippen molar-refractivity contribution in [3.63, 3.8) is 0 Å². The third-order valence-electron chi connectivity index (χ3n) is 4.08. The second-order valence-electron chi connectivity index (χ2n) is 5.90. The number of halogens is 1. The van der Waals surface area contributed by atoms with Gasteiger partial charge in [-0.25, -0.2) is 9.37 Å². The Bertz CT molecular complexity index is 1190. The maximum atomic E-state index is 12.9. The maximum Gasteiger partial charge on any atom is 0.255 e. The third kappa shape index (κ3) is 3.16. The Morgan fingerprint density at radius 1 is 1.11 bits per heavy atom. The number of aromatic nitrogens is 3. The normalized spacial score (nSPS) is 10.8. The molecular formula is C19H12FN5O3. The summed E-state index contributed by atoms with van der Waals surface area (Å²) in [6, 6.07) is 12.8. The monoisotopic (exact) mass is 377 g/mol. The first-order valence-electron chi connectivity index (χ1n) is 8.13. The molecule has 0 fully saturated rings. The van der Waals surface area contributed by atoms with Crippen molar-refractivity contribution in [2.45, 2.75) is 0 Å². The van der Waals surface area contributed by atoms with Crippen molar-refractivity contribution in [1.82, 2.24) is 14.7 Å². The SMILES string of the molecule is O=Nc1ccc2nc(-c3ccc(NC(=O)c4ccc(F)cc4)cn3)n(O)c2c1. The van der Waals surface area contributed by atoms with E-state index in [9.17, 15) is 19.3 Å². The number of nitrogens with one attached hydrogen (secondary N) is 1. The number of anilines is 1. The molecule has 2 aromatic heterocycles. The molecule has 0 bridgehead atoms. The molecule has 9 heteroatoms. The van der Waals surface area contributed by atoms with E-state index in [1.807, 2.05) is 0 Å². The number of fused-ring (bicyclic) bond motifs is 1. The first-order chi connectivity index (χ1) is 13.5. The summed E-state index contributed by atoms with van der Waals surface area (Å²) in [5, 5.41) is 15.8. The van der Waals surface area contributed by atoms with Gasteiger partial charge >= 0.3 is 0 Å². The Labute approximate surface area is 157 Å². The Hall–Kier alpha value is -4.14. The highest BCUT2D eigenvalue weighted by Gasteiger charge is 2.14. The zero-order chi connectivity index (χ0) is 19.7. The summed E-state index contributed by atoms with van der Waals surface area (Å²) in [4.78, 5) is 31.3. The van der Waals surface area contributed by atoms with E-state index < -0.39 is 11.7 Å². The average molecular weight is 377 g/mol. The van der Waals surface area contributed by atoms with Crippen LogP contribution in [-0.2, 0) is 0 Å². The number of amides is 1. The predicted octanol–water partition coefficient (Wildman–Crippen LogP) is 4.12. The summed E-state index contributed by atoms with van der Waals surface area (Å²) in [7, 11) is 0. The number of carbonyl (C=O) groups is 1. The summed E-state index contributed by atoms with van der Waals surface area (Å²) in [6.45, 7) is 0. The van der Waals surface area contributed by atoms with E-state index in [2.05, 4.69) is 20.5 Å². The second kappa shape index (κ2) is 6.88. The van der Waals surface area contributed by atoms with Crippen LogP contribution in [0.4, 0.5) is 15.8 Å². The highest BCUT2D eigenvalue weighted by atomic mass is 19.1. The number of hydrogen-bond acceptors (Lipinski definition) is 6. The lowest BCUT2D eigenvalue weighted by atomic mass is 10.2. The van der Waals surface area contributed by atoms with Gasteiger partial charge in [0.25, 0.3) is 5.91 Å².